The van der Waals surface area contributed by atoms with Crippen molar-refractivity contribution < 1.29 is 0 Å². The van der Waals surface area contributed by atoms with Gasteiger partial charge in [0.15, 0.2) is 0 Å². The van der Waals surface area contributed by atoms with Crippen LogP contribution in [0.25, 0.3) is 110 Å². The Morgan fingerprint density at radius 2 is 0.908 bits per heavy atom. The molecule has 0 bridgehead atoms. The number of anilines is 3. The number of benzene rings is 12. The van der Waals surface area contributed by atoms with Gasteiger partial charge < -0.3 is 14.0 Å². The molecule has 12 aromatic carbocycles. The summed E-state index contributed by atoms with van der Waals surface area (Å²) in [5, 5.41) is 8.50. The van der Waals surface area contributed by atoms with Crippen LogP contribution in [-0.4, -0.2) is 9.13 Å². The number of nitrogens with zero attached hydrogens (tertiary/aromatic N) is 3. The SMILES string of the molecule is CC1(C)c2ccccc2-c2ccc(N(c3ccc(-c4cccc5c4ccc4c(-c6ccccc6)c(-c6ccccc6)n(-c6cccc7ccccc67)c45)cc3)c3ccc4c(c3)c3ccccc3n4-c3ccccc3)cc21. The second kappa shape index (κ2) is 17.2. The van der Waals surface area contributed by atoms with Gasteiger partial charge in [-0.25, -0.2) is 0 Å². The lowest BCUT2D eigenvalue weighted by Crippen LogP contribution is -2.16. The Kier molecular flexibility index (Phi) is 9.92. The second-order valence-corrected chi connectivity index (χ2v) is 20.8. The third kappa shape index (κ3) is 6.69. The number of para-hydroxylation sites is 2. The molecule has 0 spiro atoms. The molecule has 1 aliphatic rings. The van der Waals surface area contributed by atoms with Gasteiger partial charge in [0.25, 0.3) is 0 Å². The summed E-state index contributed by atoms with van der Waals surface area (Å²) in [5.41, 5.74) is 21.5. The van der Waals surface area contributed by atoms with Gasteiger partial charge in [0.05, 0.1) is 27.9 Å². The van der Waals surface area contributed by atoms with Gasteiger partial charge in [0.1, 0.15) is 0 Å². The van der Waals surface area contributed by atoms with Gasteiger partial charge in [-0.15, -0.1) is 0 Å². The Morgan fingerprint density at radius 3 is 1.72 bits per heavy atom. The van der Waals surface area contributed by atoms with E-state index in [1.54, 1.807) is 0 Å². The molecule has 3 nitrogen and oxygen atoms in total. The molecule has 0 unspecified atom stereocenters. The van der Waals surface area contributed by atoms with Crippen molar-refractivity contribution in [2.45, 2.75) is 19.3 Å². The quantitative estimate of drug-likeness (QED) is 0.148. The average Bonchev–Trinajstić information content (AvgIpc) is 4.18. The minimum atomic E-state index is -0.151. The topological polar surface area (TPSA) is 13.1 Å². The predicted molar refractivity (Wildman–Crippen MR) is 321 cm³/mol. The van der Waals surface area contributed by atoms with Crippen LogP contribution in [0, 0.1) is 0 Å². The van der Waals surface area contributed by atoms with E-state index in [2.05, 4.69) is 301 Å². The smallest absolute Gasteiger partial charge is 0.0620 e. The lowest BCUT2D eigenvalue weighted by Gasteiger charge is -2.28. The molecule has 3 heteroatoms. The van der Waals surface area contributed by atoms with Gasteiger partial charge in [0, 0.05) is 60.7 Å². The van der Waals surface area contributed by atoms with Gasteiger partial charge in [-0.3, -0.25) is 0 Å². The maximum absolute atomic E-state index is 2.55. The Balaban J connectivity index is 0.928. The number of hydrogen-bond acceptors (Lipinski definition) is 1. The lowest BCUT2D eigenvalue weighted by atomic mass is 9.82. The first-order valence-corrected chi connectivity index (χ1v) is 26.4. The molecule has 0 saturated heterocycles. The van der Waals surface area contributed by atoms with E-state index in [1.807, 2.05) is 0 Å². The summed E-state index contributed by atoms with van der Waals surface area (Å²) in [6.45, 7) is 4.74. The maximum atomic E-state index is 2.55. The van der Waals surface area contributed by atoms with Crippen LogP contribution in [0.3, 0.4) is 0 Å². The average molecular weight is 970 g/mol. The van der Waals surface area contributed by atoms with Crippen molar-refractivity contribution in [3.05, 3.63) is 284 Å². The highest BCUT2D eigenvalue weighted by Crippen LogP contribution is 2.52. The first kappa shape index (κ1) is 43.8. The van der Waals surface area contributed by atoms with E-state index < -0.39 is 0 Å². The molecule has 0 amide bonds. The van der Waals surface area contributed by atoms with Crippen molar-refractivity contribution in [2.75, 3.05) is 4.90 Å². The van der Waals surface area contributed by atoms with E-state index in [0.29, 0.717) is 0 Å². The van der Waals surface area contributed by atoms with Gasteiger partial charge in [0.2, 0.25) is 0 Å². The summed E-state index contributed by atoms with van der Waals surface area (Å²) in [5.74, 6) is 0. The van der Waals surface area contributed by atoms with E-state index in [-0.39, 0.29) is 5.41 Å². The molecule has 14 aromatic rings. The maximum Gasteiger partial charge on any atom is 0.0620 e. The Morgan fingerprint density at radius 1 is 0.329 bits per heavy atom. The van der Waals surface area contributed by atoms with Gasteiger partial charge in [-0.2, -0.15) is 0 Å². The first-order chi connectivity index (χ1) is 37.5. The van der Waals surface area contributed by atoms with Crippen LogP contribution in [0.4, 0.5) is 17.1 Å². The zero-order valence-corrected chi connectivity index (χ0v) is 42.3. The highest BCUT2D eigenvalue weighted by atomic mass is 15.1. The van der Waals surface area contributed by atoms with Crippen LogP contribution < -0.4 is 4.90 Å². The van der Waals surface area contributed by atoms with Crippen molar-refractivity contribution in [3.63, 3.8) is 0 Å². The molecule has 0 N–H and O–H groups in total. The van der Waals surface area contributed by atoms with E-state index in [1.165, 1.54) is 104 Å². The molecular formula is C73H51N3. The summed E-state index contributed by atoms with van der Waals surface area (Å²) in [6, 6.07) is 101. The van der Waals surface area contributed by atoms with Crippen LogP contribution in [0.15, 0.2) is 273 Å². The fourth-order valence-electron chi connectivity index (χ4n) is 12.8. The minimum absolute atomic E-state index is 0.151. The normalized spacial score (nSPS) is 12.7. The second-order valence-electron chi connectivity index (χ2n) is 20.8. The van der Waals surface area contributed by atoms with Crippen molar-refractivity contribution in [1.82, 2.24) is 9.13 Å². The van der Waals surface area contributed by atoms with Crippen molar-refractivity contribution in [1.29, 1.82) is 0 Å². The Labute approximate surface area is 442 Å². The summed E-state index contributed by atoms with van der Waals surface area (Å²) in [4.78, 5) is 2.46. The van der Waals surface area contributed by atoms with E-state index in [9.17, 15) is 0 Å². The third-order valence-corrected chi connectivity index (χ3v) is 16.3. The number of aromatic nitrogens is 2. The fourth-order valence-corrected chi connectivity index (χ4v) is 12.8. The molecule has 0 aliphatic heterocycles. The van der Waals surface area contributed by atoms with Crippen molar-refractivity contribution in [3.8, 4) is 56.0 Å². The number of hydrogen-bond donors (Lipinski definition) is 0. The third-order valence-electron chi connectivity index (χ3n) is 16.3. The molecule has 15 rings (SSSR count). The number of rotatable bonds is 8. The molecule has 0 fully saturated rings. The standard InChI is InChI=1S/C73H51N3/c1-73(2)65-33-16-14-29-59(65)60-42-40-55(47-66(60)73)74(54-41-45-69-64(46-54)61-30-15-17-34-68(61)75(69)52-26-10-5-11-27-52)53-38-36-49(37-39-53)56-31-19-32-62-58(56)43-44-63-70(50-21-6-3-7-22-50)71(51-23-8-4-9-24-51)76(72(62)63)67-35-18-25-48-20-12-13-28-57(48)67/h3-47H,1-2H3. The van der Waals surface area contributed by atoms with Crippen LogP contribution >= 0.6 is 0 Å². The van der Waals surface area contributed by atoms with Gasteiger partial charge in [-0.05, 0) is 122 Å². The molecule has 0 radical (unpaired) electrons. The Bertz CT molecular complexity index is 4580. The monoisotopic (exact) mass is 969 g/mol. The summed E-state index contributed by atoms with van der Waals surface area (Å²) in [6.07, 6.45) is 0. The lowest BCUT2D eigenvalue weighted by molar-refractivity contribution is 0.660. The molecule has 358 valence electrons. The summed E-state index contributed by atoms with van der Waals surface area (Å²) >= 11 is 0. The zero-order chi connectivity index (χ0) is 50.5. The fraction of sp³-hybridized carbons (Fsp3) is 0.0411. The highest BCUT2D eigenvalue weighted by Gasteiger charge is 2.36. The summed E-state index contributed by atoms with van der Waals surface area (Å²) in [7, 11) is 0. The first-order valence-electron chi connectivity index (χ1n) is 26.4. The molecule has 0 saturated carbocycles. The van der Waals surface area contributed by atoms with Gasteiger partial charge in [-0.1, -0.05) is 220 Å². The van der Waals surface area contributed by atoms with Crippen LogP contribution in [0.5, 0.6) is 0 Å². The molecule has 2 aromatic heterocycles. The Hall–Kier alpha value is -9.70. The summed E-state index contributed by atoms with van der Waals surface area (Å²) < 4.78 is 4.94. The van der Waals surface area contributed by atoms with E-state index in [0.717, 1.165) is 34.0 Å². The van der Waals surface area contributed by atoms with Crippen LogP contribution in [0.2, 0.25) is 0 Å². The van der Waals surface area contributed by atoms with E-state index >= 15 is 0 Å². The van der Waals surface area contributed by atoms with Crippen LogP contribution in [-0.2, 0) is 5.41 Å². The largest absolute Gasteiger partial charge is 0.310 e. The zero-order valence-electron chi connectivity index (χ0n) is 42.3. The van der Waals surface area contributed by atoms with Crippen LogP contribution in [0.1, 0.15) is 25.0 Å². The molecule has 0 atom stereocenters. The molecule has 2 heterocycles. The highest BCUT2D eigenvalue weighted by molar-refractivity contribution is 6.19. The number of fused-ring (bicyclic) bond motifs is 10. The van der Waals surface area contributed by atoms with Crippen molar-refractivity contribution >= 4 is 71.3 Å². The molecule has 76 heavy (non-hydrogen) atoms. The molecular weight excluding hydrogens is 919 g/mol. The van der Waals surface area contributed by atoms with Gasteiger partial charge >= 0.3 is 0 Å². The van der Waals surface area contributed by atoms with Crippen molar-refractivity contribution in [2.24, 2.45) is 0 Å². The van der Waals surface area contributed by atoms with E-state index in [4.69, 9.17) is 0 Å². The molecule has 1 aliphatic carbocycles. The predicted octanol–water partition coefficient (Wildman–Crippen LogP) is 19.8. The minimum Gasteiger partial charge on any atom is -0.310 e.